The number of hydrogen-bond acceptors (Lipinski definition) is 5. The van der Waals surface area contributed by atoms with E-state index in [0.29, 0.717) is 17.5 Å². The van der Waals surface area contributed by atoms with E-state index in [1.165, 1.54) is 38.6 Å². The summed E-state index contributed by atoms with van der Waals surface area (Å²) in [6.07, 6.45) is 9.84. The highest BCUT2D eigenvalue weighted by molar-refractivity contribution is 5.99. The molecule has 0 radical (unpaired) electrons. The van der Waals surface area contributed by atoms with Crippen molar-refractivity contribution in [3.05, 3.63) is 201 Å². The molecule has 0 amide bonds. The molecule has 5 nitrogen and oxygen atoms in total. The number of allylic oxidation sites excluding steroid dienone is 1. The zero-order valence-electron chi connectivity index (χ0n) is 30.0. The zero-order valence-corrected chi connectivity index (χ0v) is 30.0. The van der Waals surface area contributed by atoms with Crippen molar-refractivity contribution in [2.24, 2.45) is 0 Å². The van der Waals surface area contributed by atoms with Gasteiger partial charge in [-0.25, -0.2) is 15.0 Å². The van der Waals surface area contributed by atoms with E-state index in [0.717, 1.165) is 45.4 Å². The van der Waals surface area contributed by atoms with E-state index in [9.17, 15) is 0 Å². The Labute approximate surface area is 320 Å². The van der Waals surface area contributed by atoms with E-state index in [2.05, 4.69) is 144 Å². The molecule has 0 spiro atoms. The van der Waals surface area contributed by atoms with Crippen molar-refractivity contribution in [3.63, 3.8) is 0 Å². The van der Waals surface area contributed by atoms with Crippen LogP contribution >= 0.6 is 0 Å². The van der Waals surface area contributed by atoms with E-state index in [1.807, 2.05) is 36.4 Å². The standard InChI is InChI=1S/C50H35N5/c1-2-11-34-24-25-46(47-23-4-3-22-45(34)47)41-18-7-16-39(30-41)37-14-5-12-35(28-37)36-13-6-15-38(29-36)40-17-8-19-42(31-40)48-53-49(43-20-9-26-51-32-43)55-50(54-48)44-21-10-27-52-33-44/h2-10,12-33H,1,11H2. The fourth-order valence-electron chi connectivity index (χ4n) is 7.16. The van der Waals surface area contributed by atoms with Gasteiger partial charge in [-0.3, -0.25) is 9.97 Å². The minimum Gasteiger partial charge on any atom is -0.264 e. The number of fused-ring (bicyclic) bond motifs is 1. The van der Waals surface area contributed by atoms with Crippen LogP contribution in [0.4, 0.5) is 0 Å². The first-order chi connectivity index (χ1) is 27.2. The second-order valence-electron chi connectivity index (χ2n) is 13.4. The van der Waals surface area contributed by atoms with E-state index in [-0.39, 0.29) is 0 Å². The smallest absolute Gasteiger partial charge is 0.165 e. The molecule has 9 aromatic rings. The largest absolute Gasteiger partial charge is 0.264 e. The van der Waals surface area contributed by atoms with Gasteiger partial charge in [0.25, 0.3) is 0 Å². The summed E-state index contributed by atoms with van der Waals surface area (Å²) in [7, 11) is 0. The third kappa shape index (κ3) is 6.95. The van der Waals surface area contributed by atoms with Crippen molar-refractivity contribution in [2.75, 3.05) is 0 Å². The van der Waals surface area contributed by atoms with Gasteiger partial charge in [0.2, 0.25) is 0 Å². The normalized spacial score (nSPS) is 11.1. The van der Waals surface area contributed by atoms with Gasteiger partial charge in [0, 0.05) is 41.5 Å². The first kappa shape index (κ1) is 33.5. The number of pyridine rings is 2. The summed E-state index contributed by atoms with van der Waals surface area (Å²) < 4.78 is 0. The van der Waals surface area contributed by atoms with E-state index in [4.69, 9.17) is 15.0 Å². The van der Waals surface area contributed by atoms with Gasteiger partial charge < -0.3 is 0 Å². The van der Waals surface area contributed by atoms with Crippen LogP contribution < -0.4 is 0 Å². The summed E-state index contributed by atoms with van der Waals surface area (Å²) in [6, 6.07) is 55.5. The molecule has 0 aliphatic carbocycles. The Hall–Kier alpha value is -7.37. The highest BCUT2D eigenvalue weighted by Gasteiger charge is 2.14. The maximum Gasteiger partial charge on any atom is 0.165 e. The molecule has 0 atom stereocenters. The summed E-state index contributed by atoms with van der Waals surface area (Å²) in [5, 5.41) is 2.53. The topological polar surface area (TPSA) is 64.5 Å². The van der Waals surface area contributed by atoms with Crippen LogP contribution in [0.2, 0.25) is 0 Å². The average molecular weight is 706 g/mol. The molecule has 0 aliphatic rings. The monoisotopic (exact) mass is 705 g/mol. The van der Waals surface area contributed by atoms with Crippen LogP contribution in [0.1, 0.15) is 5.56 Å². The molecule has 6 aromatic carbocycles. The zero-order chi connectivity index (χ0) is 37.0. The van der Waals surface area contributed by atoms with Crippen molar-refractivity contribution in [3.8, 4) is 78.7 Å². The van der Waals surface area contributed by atoms with Crippen LogP contribution in [-0.2, 0) is 6.42 Å². The third-order valence-corrected chi connectivity index (χ3v) is 9.87. The highest BCUT2D eigenvalue weighted by atomic mass is 15.0. The SMILES string of the molecule is C=CCc1ccc(-c2cccc(-c3cccc(-c4cccc(-c5cccc(-c6nc(-c7cccnc7)nc(-c7cccnc7)n6)c5)c4)c3)c2)c2ccccc12. The number of hydrogen-bond donors (Lipinski definition) is 0. The molecule has 0 saturated heterocycles. The van der Waals surface area contributed by atoms with E-state index >= 15 is 0 Å². The van der Waals surface area contributed by atoms with E-state index in [1.54, 1.807) is 24.8 Å². The molecule has 0 fully saturated rings. The van der Waals surface area contributed by atoms with Gasteiger partial charge in [-0.2, -0.15) is 0 Å². The predicted octanol–water partition coefficient (Wildman–Crippen LogP) is 12.2. The Balaban J connectivity index is 1.05. The summed E-state index contributed by atoms with van der Waals surface area (Å²) in [5.74, 6) is 1.70. The van der Waals surface area contributed by atoms with Gasteiger partial charge in [-0.05, 0) is 116 Å². The lowest BCUT2D eigenvalue weighted by Crippen LogP contribution is -2.00. The van der Waals surface area contributed by atoms with Crippen LogP contribution in [0.3, 0.4) is 0 Å². The van der Waals surface area contributed by atoms with Crippen LogP contribution in [0.25, 0.3) is 89.4 Å². The molecule has 260 valence electrons. The van der Waals surface area contributed by atoms with Crippen molar-refractivity contribution in [2.45, 2.75) is 6.42 Å². The summed E-state index contributed by atoms with van der Waals surface area (Å²) in [6.45, 7) is 3.97. The number of nitrogens with zero attached hydrogens (tertiary/aromatic N) is 5. The molecule has 9 rings (SSSR count). The maximum absolute atomic E-state index is 4.90. The fraction of sp³-hybridized carbons (Fsp3) is 0.0200. The minimum absolute atomic E-state index is 0.560. The van der Waals surface area contributed by atoms with Gasteiger partial charge in [-0.1, -0.05) is 115 Å². The molecule has 3 aromatic heterocycles. The summed E-state index contributed by atoms with van der Waals surface area (Å²) >= 11 is 0. The van der Waals surface area contributed by atoms with Gasteiger partial charge in [0.1, 0.15) is 0 Å². The molecular formula is C50H35N5. The number of rotatable bonds is 9. The number of benzene rings is 6. The molecule has 0 saturated carbocycles. The minimum atomic E-state index is 0.560. The van der Waals surface area contributed by atoms with Gasteiger partial charge >= 0.3 is 0 Å². The van der Waals surface area contributed by atoms with Crippen molar-refractivity contribution in [1.82, 2.24) is 24.9 Å². The maximum atomic E-state index is 4.90. The average Bonchev–Trinajstić information content (AvgIpc) is 3.27. The van der Waals surface area contributed by atoms with Gasteiger partial charge in [-0.15, -0.1) is 6.58 Å². The quantitative estimate of drug-likeness (QED) is 0.140. The molecule has 0 N–H and O–H groups in total. The van der Waals surface area contributed by atoms with Crippen LogP contribution in [0, 0.1) is 0 Å². The van der Waals surface area contributed by atoms with Crippen LogP contribution in [0.15, 0.2) is 195 Å². The first-order valence-corrected chi connectivity index (χ1v) is 18.3. The lowest BCUT2D eigenvalue weighted by Gasteiger charge is -2.13. The molecule has 55 heavy (non-hydrogen) atoms. The Kier molecular flexibility index (Phi) is 9.09. The van der Waals surface area contributed by atoms with Gasteiger partial charge in [0.05, 0.1) is 0 Å². The molecular weight excluding hydrogens is 671 g/mol. The van der Waals surface area contributed by atoms with Crippen molar-refractivity contribution >= 4 is 10.8 Å². The molecule has 5 heteroatoms. The summed E-state index contributed by atoms with van der Waals surface area (Å²) in [4.78, 5) is 23.2. The van der Waals surface area contributed by atoms with Crippen molar-refractivity contribution < 1.29 is 0 Å². The third-order valence-electron chi connectivity index (χ3n) is 9.87. The Bertz CT molecular complexity index is 2750. The Morgan fingerprint density at radius 2 is 0.800 bits per heavy atom. The molecule has 0 bridgehead atoms. The highest BCUT2D eigenvalue weighted by Crippen LogP contribution is 2.36. The molecule has 0 aliphatic heterocycles. The second-order valence-corrected chi connectivity index (χ2v) is 13.4. The first-order valence-electron chi connectivity index (χ1n) is 18.3. The molecule has 0 unspecified atom stereocenters. The predicted molar refractivity (Wildman–Crippen MR) is 225 cm³/mol. The van der Waals surface area contributed by atoms with Crippen LogP contribution in [0.5, 0.6) is 0 Å². The number of aromatic nitrogens is 5. The second kappa shape index (κ2) is 14.9. The summed E-state index contributed by atoms with van der Waals surface area (Å²) in [5.41, 5.74) is 13.1. The Morgan fingerprint density at radius 3 is 1.29 bits per heavy atom. The lowest BCUT2D eigenvalue weighted by molar-refractivity contribution is 1.07. The van der Waals surface area contributed by atoms with E-state index < -0.39 is 0 Å². The lowest BCUT2D eigenvalue weighted by atomic mass is 9.91. The van der Waals surface area contributed by atoms with Crippen molar-refractivity contribution in [1.29, 1.82) is 0 Å². The van der Waals surface area contributed by atoms with Crippen LogP contribution in [-0.4, -0.2) is 24.9 Å². The molecule has 3 heterocycles. The fourth-order valence-corrected chi connectivity index (χ4v) is 7.16. The van der Waals surface area contributed by atoms with Gasteiger partial charge in [0.15, 0.2) is 17.5 Å². The Morgan fingerprint density at radius 1 is 0.382 bits per heavy atom.